The van der Waals surface area contributed by atoms with Gasteiger partial charge < -0.3 is 9.05 Å². The summed E-state index contributed by atoms with van der Waals surface area (Å²) >= 11 is 0. The predicted molar refractivity (Wildman–Crippen MR) is 81.0 cm³/mol. The topological polar surface area (TPSA) is 122 Å². The normalized spacial score (nSPS) is 10.8. The van der Waals surface area contributed by atoms with Crippen molar-refractivity contribution >= 4 is 19.0 Å². The number of nitro benzene ring substituents is 2. The fraction of sp³-hybridized carbons (Fsp3) is 0.0769. The number of benzene rings is 2. The molecule has 0 spiro atoms. The molecule has 0 N–H and O–H groups in total. The Morgan fingerprint density at radius 1 is 0.870 bits per heavy atom. The van der Waals surface area contributed by atoms with Crippen LogP contribution in [0.3, 0.4) is 0 Å². The first kappa shape index (κ1) is 16.4. The summed E-state index contributed by atoms with van der Waals surface area (Å²) in [6, 6.07) is 10.3. The van der Waals surface area contributed by atoms with Crippen molar-refractivity contribution in [1.29, 1.82) is 0 Å². The molecule has 0 radical (unpaired) electrons. The smallest absolute Gasteiger partial charge is 0.416 e. The minimum atomic E-state index is -3.68. The van der Waals surface area contributed by atoms with E-state index in [1.54, 1.807) is 0 Å². The van der Waals surface area contributed by atoms with Crippen LogP contribution in [-0.2, 0) is 4.57 Å². The van der Waals surface area contributed by atoms with Crippen molar-refractivity contribution in [3.05, 3.63) is 68.8 Å². The summed E-state index contributed by atoms with van der Waals surface area (Å²) in [5, 5.41) is 21.4. The largest absolute Gasteiger partial charge is 0.427 e. The van der Waals surface area contributed by atoms with Crippen molar-refractivity contribution in [2.24, 2.45) is 0 Å². The van der Waals surface area contributed by atoms with Crippen LogP contribution in [0.15, 0.2) is 48.5 Å². The third kappa shape index (κ3) is 4.52. The van der Waals surface area contributed by atoms with Crippen LogP contribution in [-0.4, -0.2) is 16.5 Å². The molecule has 0 heterocycles. The minimum Gasteiger partial charge on any atom is -0.416 e. The number of nitrogens with zero attached hydrogens (tertiary/aromatic N) is 2. The first-order chi connectivity index (χ1) is 10.8. The molecule has 120 valence electrons. The summed E-state index contributed by atoms with van der Waals surface area (Å²) in [6.45, 7) is 1.16. The van der Waals surface area contributed by atoms with Gasteiger partial charge in [0.25, 0.3) is 11.4 Å². The Labute approximate surface area is 130 Å². The highest BCUT2D eigenvalue weighted by Crippen LogP contribution is 2.45. The lowest BCUT2D eigenvalue weighted by Gasteiger charge is -2.15. The molecule has 0 unspecified atom stereocenters. The van der Waals surface area contributed by atoms with Crippen LogP contribution in [0, 0.1) is 20.2 Å². The van der Waals surface area contributed by atoms with Gasteiger partial charge in [-0.2, -0.15) is 0 Å². The Balaban J connectivity index is 2.17. The fourth-order valence-electron chi connectivity index (χ4n) is 1.71. The molecule has 0 aliphatic carbocycles. The number of rotatable bonds is 6. The summed E-state index contributed by atoms with van der Waals surface area (Å²) < 4.78 is 22.6. The van der Waals surface area contributed by atoms with Gasteiger partial charge in [-0.3, -0.25) is 20.2 Å². The third-order valence-corrected chi connectivity index (χ3v) is 3.68. The lowest BCUT2D eigenvalue weighted by molar-refractivity contribution is -0.385. The van der Waals surface area contributed by atoms with Gasteiger partial charge in [0, 0.05) is 12.1 Å². The van der Waals surface area contributed by atoms with E-state index in [0.29, 0.717) is 0 Å². The first-order valence-electron chi connectivity index (χ1n) is 6.22. The molecule has 23 heavy (non-hydrogen) atoms. The maximum atomic E-state index is 12.3. The number of non-ortho nitro benzene ring substituents is 2. The van der Waals surface area contributed by atoms with Crippen LogP contribution in [0.2, 0.25) is 0 Å². The second-order valence-corrected chi connectivity index (χ2v) is 6.37. The second-order valence-electron chi connectivity index (χ2n) is 4.46. The highest BCUT2D eigenvalue weighted by molar-refractivity contribution is 7.53. The lowest BCUT2D eigenvalue weighted by atomic mass is 10.3. The molecule has 0 atom stereocenters. The Kier molecular flexibility index (Phi) is 4.61. The van der Waals surface area contributed by atoms with E-state index in [1.807, 2.05) is 0 Å². The predicted octanol–water partition coefficient (Wildman–Crippen LogP) is 3.78. The first-order valence-corrected chi connectivity index (χ1v) is 8.21. The summed E-state index contributed by atoms with van der Waals surface area (Å²) in [7, 11) is -3.68. The summed E-state index contributed by atoms with van der Waals surface area (Å²) in [4.78, 5) is 20.2. The average molecular weight is 338 g/mol. The molecule has 0 amide bonds. The van der Waals surface area contributed by atoms with E-state index in [9.17, 15) is 24.8 Å². The molecule has 2 aromatic carbocycles. The molecule has 0 aliphatic heterocycles. The van der Waals surface area contributed by atoms with Gasteiger partial charge in [-0.25, -0.2) is 4.57 Å². The molecular weight excluding hydrogens is 327 g/mol. The van der Waals surface area contributed by atoms with E-state index < -0.39 is 17.4 Å². The van der Waals surface area contributed by atoms with Crippen LogP contribution in [0.25, 0.3) is 0 Å². The minimum absolute atomic E-state index is 0.00420. The van der Waals surface area contributed by atoms with Crippen LogP contribution < -0.4 is 9.05 Å². The molecule has 2 aromatic rings. The molecule has 0 bridgehead atoms. The summed E-state index contributed by atoms with van der Waals surface area (Å²) in [5.41, 5.74) is -0.448. The van der Waals surface area contributed by atoms with Crippen molar-refractivity contribution in [3.8, 4) is 11.5 Å². The van der Waals surface area contributed by atoms with Crippen molar-refractivity contribution in [2.75, 3.05) is 6.66 Å². The zero-order valence-electron chi connectivity index (χ0n) is 11.8. The number of nitro groups is 2. The van der Waals surface area contributed by atoms with Crippen LogP contribution in [0.1, 0.15) is 0 Å². The Hall–Kier alpha value is -2.93. The zero-order valence-corrected chi connectivity index (χ0v) is 12.7. The van der Waals surface area contributed by atoms with Gasteiger partial charge in [-0.05, 0) is 12.1 Å². The standard InChI is InChI=1S/C13H11N2O7P/c1-23(20,21-12-6-2-4-10(8-12)14(16)17)22-13-7-3-5-11(9-13)15(18)19/h2-9H,1H3. The quantitative estimate of drug-likeness (QED) is 0.446. The molecule has 0 aliphatic rings. The van der Waals surface area contributed by atoms with Gasteiger partial charge in [-0.1, -0.05) is 12.1 Å². The molecule has 0 aromatic heterocycles. The average Bonchev–Trinajstić information content (AvgIpc) is 2.46. The van der Waals surface area contributed by atoms with Crippen molar-refractivity contribution in [2.45, 2.75) is 0 Å². The molecule has 0 saturated carbocycles. The van der Waals surface area contributed by atoms with Crippen LogP contribution in [0.5, 0.6) is 11.5 Å². The van der Waals surface area contributed by atoms with Crippen molar-refractivity contribution < 1.29 is 23.5 Å². The molecule has 0 fully saturated rings. The number of hydrogen-bond acceptors (Lipinski definition) is 7. The third-order valence-electron chi connectivity index (χ3n) is 2.60. The fourth-order valence-corrected chi connectivity index (χ4v) is 2.74. The van der Waals surface area contributed by atoms with E-state index in [-0.39, 0.29) is 22.9 Å². The van der Waals surface area contributed by atoms with Gasteiger partial charge in [0.2, 0.25) is 0 Å². The van der Waals surface area contributed by atoms with E-state index in [1.165, 1.54) is 36.4 Å². The molecule has 9 nitrogen and oxygen atoms in total. The van der Waals surface area contributed by atoms with Gasteiger partial charge in [0.15, 0.2) is 0 Å². The molecular formula is C13H11N2O7P. The maximum absolute atomic E-state index is 12.3. The summed E-state index contributed by atoms with van der Waals surface area (Å²) in [5.74, 6) is -0.00840. The highest BCUT2D eigenvalue weighted by Gasteiger charge is 2.22. The van der Waals surface area contributed by atoms with Gasteiger partial charge >= 0.3 is 7.60 Å². The van der Waals surface area contributed by atoms with Gasteiger partial charge in [-0.15, -0.1) is 0 Å². The molecule has 10 heteroatoms. The highest BCUT2D eigenvalue weighted by atomic mass is 31.2. The van der Waals surface area contributed by atoms with E-state index in [2.05, 4.69) is 0 Å². The van der Waals surface area contributed by atoms with Crippen LogP contribution in [0.4, 0.5) is 11.4 Å². The SMILES string of the molecule is CP(=O)(Oc1cccc([N+](=O)[O-])c1)Oc1cccc([N+](=O)[O-])c1. The Morgan fingerprint density at radius 3 is 1.61 bits per heavy atom. The second kappa shape index (κ2) is 6.45. The lowest BCUT2D eigenvalue weighted by Crippen LogP contribution is -2.00. The number of hydrogen-bond donors (Lipinski definition) is 0. The Morgan fingerprint density at radius 2 is 1.26 bits per heavy atom. The van der Waals surface area contributed by atoms with Crippen LogP contribution >= 0.6 is 7.60 Å². The Bertz CT molecular complexity index is 745. The van der Waals surface area contributed by atoms with Gasteiger partial charge in [0.1, 0.15) is 11.5 Å². The molecule has 2 rings (SSSR count). The monoisotopic (exact) mass is 338 g/mol. The summed E-state index contributed by atoms with van der Waals surface area (Å²) in [6.07, 6.45) is 0. The van der Waals surface area contributed by atoms with E-state index in [0.717, 1.165) is 18.8 Å². The van der Waals surface area contributed by atoms with Crippen molar-refractivity contribution in [3.63, 3.8) is 0 Å². The maximum Gasteiger partial charge on any atom is 0.427 e. The zero-order chi connectivity index (χ0) is 17.0. The van der Waals surface area contributed by atoms with Crippen molar-refractivity contribution in [1.82, 2.24) is 0 Å². The van der Waals surface area contributed by atoms with E-state index >= 15 is 0 Å². The van der Waals surface area contributed by atoms with E-state index in [4.69, 9.17) is 9.05 Å². The van der Waals surface area contributed by atoms with Gasteiger partial charge in [0.05, 0.1) is 28.6 Å². The molecule has 0 saturated heterocycles.